The van der Waals surface area contributed by atoms with E-state index in [1.807, 2.05) is 84.0 Å². The van der Waals surface area contributed by atoms with E-state index in [1.54, 1.807) is 37.7 Å². The highest BCUT2D eigenvalue weighted by Gasteiger charge is 2.47. The van der Waals surface area contributed by atoms with Crippen LogP contribution in [-0.2, 0) is 54.6 Å². The van der Waals surface area contributed by atoms with Gasteiger partial charge in [0.15, 0.2) is 0 Å². The Morgan fingerprint density at radius 3 is 1.59 bits per heavy atom. The third-order valence-electron chi connectivity index (χ3n) is 15.0. The van der Waals surface area contributed by atoms with Crippen molar-refractivity contribution in [2.75, 3.05) is 26.0 Å². The molecule has 2 aliphatic carbocycles. The molecule has 7 N–H and O–H groups in total. The molecule has 0 bridgehead atoms. The quantitative estimate of drug-likeness (QED) is 0.117. The van der Waals surface area contributed by atoms with Gasteiger partial charge in [-0.2, -0.15) is 0 Å². The Bertz CT molecular complexity index is 2430. The molecule has 0 aromatic heterocycles. The van der Waals surface area contributed by atoms with Gasteiger partial charge in [0.05, 0.1) is 24.2 Å². The second-order valence-corrected chi connectivity index (χ2v) is 22.2. The third kappa shape index (κ3) is 11.7. The van der Waals surface area contributed by atoms with Gasteiger partial charge < -0.3 is 47.0 Å². The Balaban J connectivity index is 1.17. The van der Waals surface area contributed by atoms with Crippen LogP contribution in [0.5, 0.6) is 0 Å². The molecular formula is C55H77N9O6. The summed E-state index contributed by atoms with van der Waals surface area (Å²) in [6, 6.07) is 17.0. The van der Waals surface area contributed by atoms with Crippen molar-refractivity contribution < 1.29 is 28.8 Å². The smallest absolute Gasteiger partial charge is 0.246 e. The third-order valence-corrected chi connectivity index (χ3v) is 15.0. The largest absolute Gasteiger partial charge is 0.380 e. The molecule has 2 aliphatic heterocycles. The topological polar surface area (TPSA) is 193 Å². The van der Waals surface area contributed by atoms with Gasteiger partial charge in [0.1, 0.15) is 24.2 Å². The van der Waals surface area contributed by atoms with Crippen molar-refractivity contribution in [2.45, 2.75) is 168 Å². The van der Waals surface area contributed by atoms with Gasteiger partial charge >= 0.3 is 0 Å². The number of likely N-dealkylation sites (tertiary alicyclic amines) is 1. The van der Waals surface area contributed by atoms with Crippen molar-refractivity contribution in [1.82, 2.24) is 41.7 Å². The molecule has 0 radical (unpaired) electrons. The fourth-order valence-corrected chi connectivity index (χ4v) is 10.6. The number of aryl methyl sites for hydroxylation is 2. The van der Waals surface area contributed by atoms with Crippen molar-refractivity contribution in [3.63, 3.8) is 0 Å². The van der Waals surface area contributed by atoms with E-state index in [4.69, 9.17) is 0 Å². The molecule has 3 aromatic carbocycles. The van der Waals surface area contributed by atoms with Gasteiger partial charge in [-0.05, 0) is 129 Å². The molecule has 2 heterocycles. The number of rotatable bonds is 14. The normalized spacial score (nSPS) is 22.7. The molecule has 0 saturated carbocycles. The highest BCUT2D eigenvalue weighted by Crippen LogP contribution is 2.35. The summed E-state index contributed by atoms with van der Waals surface area (Å²) >= 11 is 0. The molecule has 1 fully saturated rings. The van der Waals surface area contributed by atoms with Crippen LogP contribution in [0.15, 0.2) is 66.7 Å². The lowest BCUT2D eigenvalue weighted by molar-refractivity contribution is -0.147. The Morgan fingerprint density at radius 2 is 1.09 bits per heavy atom. The first-order valence-electron chi connectivity index (χ1n) is 25.4. The van der Waals surface area contributed by atoms with Crippen LogP contribution in [0, 0.1) is 10.8 Å². The zero-order valence-corrected chi connectivity index (χ0v) is 43.0. The van der Waals surface area contributed by atoms with Crippen LogP contribution < -0.4 is 37.2 Å². The molecule has 70 heavy (non-hydrogen) atoms. The summed E-state index contributed by atoms with van der Waals surface area (Å²) in [5, 5.41) is 22.2. The molecule has 9 atom stereocenters. The summed E-state index contributed by atoms with van der Waals surface area (Å²) in [7, 11) is 3.38. The molecule has 3 aromatic rings. The standard InChI is InChI=1S/C55H77N9O6/c1-32(56-9)48(65)61-46(54(3,4)5)52(69)63-30-37-27-38(26-25-36(37)28-44(63)50(67)59-42-23-15-19-34-17-11-13-21-40(34)42)58-39-29-45(51(68)60-43-24-16-20-35-18-12-14-22-41(35)43)64(31-39)53(70)47(55(6,7)8)62-49(66)33(2)57-10/h11-14,17-18,21-22,25-27,32-33,39,42-47,56-58H,15-16,19-20,23-24,28-31H2,1-10H3,(H,59,67)(H,60,68)(H,61,65)(H,62,66)/t32-,33-,39?,42?,43?,44?,45?,46?,47?/m0/s1. The summed E-state index contributed by atoms with van der Waals surface area (Å²) in [6.45, 7) is 15.2. The van der Waals surface area contributed by atoms with Gasteiger partial charge in [-0.3, -0.25) is 28.8 Å². The number of likely N-dealkylation sites (N-methyl/N-ethyl adjacent to an activating group) is 2. The fourth-order valence-electron chi connectivity index (χ4n) is 10.6. The number of hydrogen-bond donors (Lipinski definition) is 7. The fraction of sp³-hybridized carbons (Fsp3) is 0.564. The minimum atomic E-state index is -0.931. The summed E-state index contributed by atoms with van der Waals surface area (Å²) in [5.41, 5.74) is 5.76. The van der Waals surface area contributed by atoms with Gasteiger partial charge in [0.2, 0.25) is 35.4 Å². The average molecular weight is 960 g/mol. The van der Waals surface area contributed by atoms with Crippen molar-refractivity contribution in [1.29, 1.82) is 0 Å². The Morgan fingerprint density at radius 1 is 0.600 bits per heavy atom. The monoisotopic (exact) mass is 960 g/mol. The first-order valence-corrected chi connectivity index (χ1v) is 25.4. The second-order valence-electron chi connectivity index (χ2n) is 22.2. The molecule has 7 rings (SSSR count). The number of amides is 6. The number of carbonyl (C=O) groups is 6. The zero-order chi connectivity index (χ0) is 50.7. The molecule has 0 spiro atoms. The highest BCUT2D eigenvalue weighted by atomic mass is 16.2. The minimum Gasteiger partial charge on any atom is -0.380 e. The summed E-state index contributed by atoms with van der Waals surface area (Å²) in [5.74, 6) is -1.79. The van der Waals surface area contributed by atoms with Crippen molar-refractivity contribution >= 4 is 41.1 Å². The Labute approximate surface area is 414 Å². The van der Waals surface area contributed by atoms with E-state index < -0.39 is 47.1 Å². The maximum absolute atomic E-state index is 15.0. The maximum Gasteiger partial charge on any atom is 0.246 e. The zero-order valence-electron chi connectivity index (χ0n) is 43.0. The van der Waals surface area contributed by atoms with Crippen LogP contribution in [0.3, 0.4) is 0 Å². The molecule has 15 nitrogen and oxygen atoms in total. The van der Waals surface area contributed by atoms with E-state index in [1.165, 1.54) is 11.1 Å². The lowest BCUT2D eigenvalue weighted by Gasteiger charge is -2.42. The van der Waals surface area contributed by atoms with Crippen LogP contribution in [0.2, 0.25) is 0 Å². The maximum atomic E-state index is 15.0. The van der Waals surface area contributed by atoms with E-state index in [0.29, 0.717) is 6.42 Å². The summed E-state index contributed by atoms with van der Waals surface area (Å²) < 4.78 is 0. The lowest BCUT2D eigenvalue weighted by atomic mass is 9.83. The predicted molar refractivity (Wildman–Crippen MR) is 272 cm³/mol. The van der Waals surface area contributed by atoms with Crippen LogP contribution in [0.4, 0.5) is 5.69 Å². The number of nitrogens with one attached hydrogen (secondary N) is 7. The Kier molecular flexibility index (Phi) is 16.1. The van der Waals surface area contributed by atoms with E-state index in [2.05, 4.69) is 61.5 Å². The first-order chi connectivity index (χ1) is 33.2. The predicted octanol–water partition coefficient (Wildman–Crippen LogP) is 4.99. The number of anilines is 1. The molecule has 378 valence electrons. The highest BCUT2D eigenvalue weighted by molar-refractivity contribution is 5.95. The van der Waals surface area contributed by atoms with Crippen molar-refractivity contribution in [3.8, 4) is 0 Å². The molecule has 15 heteroatoms. The lowest BCUT2D eigenvalue weighted by Crippen LogP contribution is -2.62. The second kappa shape index (κ2) is 21.7. The molecule has 1 saturated heterocycles. The SMILES string of the molecule is CN[C@@H](C)C(=O)NC(C(=O)N1Cc2cc(NC3CC(C(=O)NC4CCCc5ccccc54)N(C(=O)C(NC(=O)[C@H](C)NC)C(C)(C)C)C3)ccc2CC1C(=O)NC1CCCc2ccccc21)C(C)(C)C. The van der Waals surface area contributed by atoms with Crippen LogP contribution in [0.25, 0.3) is 0 Å². The number of nitrogens with zero attached hydrogens (tertiary/aromatic N) is 2. The number of carbonyl (C=O) groups excluding carboxylic acids is 6. The van der Waals surface area contributed by atoms with E-state index >= 15 is 4.79 Å². The molecule has 4 aliphatic rings. The van der Waals surface area contributed by atoms with E-state index in [0.717, 1.165) is 66.5 Å². The van der Waals surface area contributed by atoms with Crippen molar-refractivity contribution in [2.24, 2.45) is 10.8 Å². The van der Waals surface area contributed by atoms with Gasteiger partial charge in [-0.25, -0.2) is 0 Å². The van der Waals surface area contributed by atoms with Crippen LogP contribution in [-0.4, -0.2) is 108 Å². The number of fused-ring (bicyclic) bond motifs is 3. The van der Waals surface area contributed by atoms with Gasteiger partial charge in [0, 0.05) is 31.2 Å². The first kappa shape index (κ1) is 52.0. The molecule has 7 unspecified atom stereocenters. The van der Waals surface area contributed by atoms with Gasteiger partial charge in [-0.1, -0.05) is 96.1 Å². The van der Waals surface area contributed by atoms with E-state index in [9.17, 15) is 24.0 Å². The summed E-state index contributed by atoms with van der Waals surface area (Å²) in [4.78, 5) is 89.0. The molecule has 6 amide bonds. The summed E-state index contributed by atoms with van der Waals surface area (Å²) in [6.07, 6.45) is 5.93. The Hall–Kier alpha value is -5.80. The van der Waals surface area contributed by atoms with E-state index in [-0.39, 0.29) is 73.1 Å². The van der Waals surface area contributed by atoms with Gasteiger partial charge in [-0.15, -0.1) is 0 Å². The van der Waals surface area contributed by atoms with Crippen LogP contribution in [0.1, 0.15) is 133 Å². The molecular weight excluding hydrogens is 883 g/mol. The number of hydrogen-bond acceptors (Lipinski definition) is 9. The average Bonchev–Trinajstić information content (AvgIpc) is 3.76. The van der Waals surface area contributed by atoms with Crippen molar-refractivity contribution in [3.05, 3.63) is 100 Å². The minimum absolute atomic E-state index is 0.119. The van der Waals surface area contributed by atoms with Crippen LogP contribution >= 0.6 is 0 Å². The van der Waals surface area contributed by atoms with Gasteiger partial charge in [0.25, 0.3) is 0 Å². The number of benzene rings is 3.